The van der Waals surface area contributed by atoms with E-state index in [1.165, 1.54) is 11.0 Å². The minimum atomic E-state index is -0.752. The van der Waals surface area contributed by atoms with Gasteiger partial charge in [0.05, 0.1) is 5.56 Å². The van der Waals surface area contributed by atoms with Crippen LogP contribution in [0.2, 0.25) is 0 Å². The zero-order valence-corrected chi connectivity index (χ0v) is 17.7. The van der Waals surface area contributed by atoms with Crippen LogP contribution >= 0.6 is 0 Å². The molecule has 2 aliphatic heterocycles. The molecule has 0 bridgehead atoms. The lowest BCUT2D eigenvalue weighted by Crippen LogP contribution is -2.32. The number of carbonyl (C=O) groups is 2. The Kier molecular flexibility index (Phi) is 5.63. The average molecular weight is 450 g/mol. The molecule has 170 valence electrons. The van der Waals surface area contributed by atoms with Gasteiger partial charge in [-0.1, -0.05) is 48.5 Å². The number of primary amides is 1. The molecular weight excluding hydrogens is 428 g/mol. The molecule has 2 N–H and O–H groups in total. The van der Waals surface area contributed by atoms with Gasteiger partial charge in [0, 0.05) is 5.56 Å². The first-order valence-electron chi connectivity index (χ1n) is 10.5. The number of hydrogen-bond acceptors (Lipinski definition) is 8. The number of fused-ring (bicyclic) bond motifs is 1. The van der Waals surface area contributed by atoms with E-state index in [2.05, 4.69) is 10.1 Å². The summed E-state index contributed by atoms with van der Waals surface area (Å²) in [6.07, 6.45) is -1.75. The minimum absolute atomic E-state index is 0.0485. The summed E-state index contributed by atoms with van der Waals surface area (Å²) in [4.78, 5) is 27.9. The maximum Gasteiger partial charge on any atom is 0.338 e. The van der Waals surface area contributed by atoms with E-state index < -0.39 is 42.7 Å². The van der Waals surface area contributed by atoms with E-state index in [4.69, 9.17) is 24.7 Å². The third-order valence-corrected chi connectivity index (χ3v) is 5.65. The van der Waals surface area contributed by atoms with Crippen molar-refractivity contribution in [2.75, 3.05) is 6.61 Å². The smallest absolute Gasteiger partial charge is 0.338 e. The largest absolute Gasteiger partial charge is 0.459 e. The molecule has 5 rings (SSSR count). The zero-order chi connectivity index (χ0) is 22.9. The molecular formula is C23H22N4O6. The molecule has 10 heteroatoms. The summed E-state index contributed by atoms with van der Waals surface area (Å²) in [5.41, 5.74) is 7.42. The molecule has 0 aliphatic carbocycles. The van der Waals surface area contributed by atoms with Gasteiger partial charge in [-0.15, -0.1) is 5.10 Å². The summed E-state index contributed by atoms with van der Waals surface area (Å²) in [5.74, 6) is -1.34. The van der Waals surface area contributed by atoms with E-state index in [1.807, 2.05) is 49.4 Å². The molecule has 0 radical (unpaired) electrons. The van der Waals surface area contributed by atoms with Crippen molar-refractivity contribution in [3.63, 3.8) is 0 Å². The molecule has 1 amide bonds. The Morgan fingerprint density at radius 2 is 1.76 bits per heavy atom. The molecule has 0 spiro atoms. The Hall–Kier alpha value is -3.60. The first kappa shape index (κ1) is 21.3. The van der Waals surface area contributed by atoms with E-state index in [9.17, 15) is 9.59 Å². The Balaban J connectivity index is 1.36. The number of hydrogen-bond donors (Lipinski definition) is 1. The molecule has 10 nitrogen and oxygen atoms in total. The van der Waals surface area contributed by atoms with Gasteiger partial charge in [0.25, 0.3) is 5.91 Å². The Morgan fingerprint density at radius 1 is 1.03 bits per heavy atom. The minimum Gasteiger partial charge on any atom is -0.459 e. The predicted octanol–water partition coefficient (Wildman–Crippen LogP) is 1.92. The van der Waals surface area contributed by atoms with Crippen molar-refractivity contribution in [2.24, 2.45) is 5.73 Å². The quantitative estimate of drug-likeness (QED) is 0.564. The number of esters is 1. The molecule has 0 saturated carbocycles. The number of nitrogens with zero attached hydrogens (tertiary/aromatic N) is 3. The van der Waals surface area contributed by atoms with E-state index in [0.29, 0.717) is 5.56 Å². The van der Waals surface area contributed by atoms with Crippen LogP contribution in [-0.2, 0) is 18.9 Å². The molecule has 1 aromatic heterocycles. The highest BCUT2D eigenvalue weighted by atomic mass is 16.8. The Bertz CT molecular complexity index is 1170. The van der Waals surface area contributed by atoms with Gasteiger partial charge in [-0.2, -0.15) is 0 Å². The van der Waals surface area contributed by atoms with Gasteiger partial charge in [0.2, 0.25) is 5.82 Å². The lowest BCUT2D eigenvalue weighted by molar-refractivity contribution is -0.156. The van der Waals surface area contributed by atoms with Crippen LogP contribution < -0.4 is 5.73 Å². The number of ether oxygens (including phenoxy) is 4. The van der Waals surface area contributed by atoms with Crippen LogP contribution in [0.25, 0.3) is 0 Å². The van der Waals surface area contributed by atoms with Gasteiger partial charge < -0.3 is 24.7 Å². The molecule has 2 aliphatic rings. The number of carbonyl (C=O) groups excluding carboxylic acids is 2. The van der Waals surface area contributed by atoms with E-state index >= 15 is 0 Å². The Labute approximate surface area is 189 Å². The number of aromatic nitrogens is 3. The van der Waals surface area contributed by atoms with Crippen LogP contribution in [0.15, 0.2) is 60.9 Å². The third kappa shape index (κ3) is 4.11. The van der Waals surface area contributed by atoms with Crippen LogP contribution in [0.5, 0.6) is 0 Å². The van der Waals surface area contributed by atoms with E-state index in [0.717, 1.165) is 11.1 Å². The van der Waals surface area contributed by atoms with Crippen LogP contribution in [0.3, 0.4) is 0 Å². The molecule has 2 unspecified atom stereocenters. The maximum absolute atomic E-state index is 12.6. The van der Waals surface area contributed by atoms with Gasteiger partial charge in [-0.05, 0) is 18.6 Å². The standard InChI is InChI=1S/C23H22N4O6/c1-13-7-5-6-10-15(13)22(29)30-11-16-17-18(33-23(32-17)14-8-3-2-4-9-14)21(31-16)27-12-25-20(26-27)19(24)28/h2-10,12,16-18,21,23H,11H2,1H3,(H2,24,28)/t16-,17?,18-,21-,23?/m1/s1. The van der Waals surface area contributed by atoms with Gasteiger partial charge in [0.15, 0.2) is 12.5 Å². The summed E-state index contributed by atoms with van der Waals surface area (Å²) >= 11 is 0. The molecule has 5 atom stereocenters. The second-order valence-corrected chi connectivity index (χ2v) is 7.83. The molecule has 3 aromatic rings. The number of rotatable bonds is 6. The molecule has 2 aromatic carbocycles. The fraction of sp³-hybridized carbons (Fsp3) is 0.304. The molecule has 3 heterocycles. The first-order valence-corrected chi connectivity index (χ1v) is 10.5. The van der Waals surface area contributed by atoms with Crippen molar-refractivity contribution in [2.45, 2.75) is 37.8 Å². The third-order valence-electron chi connectivity index (χ3n) is 5.65. The molecule has 2 saturated heterocycles. The molecule has 2 fully saturated rings. The second kappa shape index (κ2) is 8.74. The summed E-state index contributed by atoms with van der Waals surface area (Å²) in [7, 11) is 0. The monoisotopic (exact) mass is 450 g/mol. The Morgan fingerprint density at radius 3 is 2.48 bits per heavy atom. The lowest BCUT2D eigenvalue weighted by Gasteiger charge is -2.20. The number of amides is 1. The summed E-state index contributed by atoms with van der Waals surface area (Å²) in [6.45, 7) is 1.79. The van der Waals surface area contributed by atoms with Crippen molar-refractivity contribution in [3.8, 4) is 0 Å². The normalized spacial score (nSPS) is 26.2. The van der Waals surface area contributed by atoms with Gasteiger partial charge in [-0.25, -0.2) is 14.5 Å². The maximum atomic E-state index is 12.6. The van der Waals surface area contributed by atoms with Gasteiger partial charge >= 0.3 is 5.97 Å². The fourth-order valence-electron chi connectivity index (χ4n) is 4.00. The average Bonchev–Trinajstić information content (AvgIpc) is 3.54. The van der Waals surface area contributed by atoms with Crippen molar-refractivity contribution in [3.05, 3.63) is 83.4 Å². The number of aryl methyl sites for hydroxylation is 1. The SMILES string of the molecule is Cc1ccccc1C(=O)OC[C@H]1O[C@@H](n2cnc(C(N)=O)n2)[C@@H]2OC(c3ccccc3)OC21. The van der Waals surface area contributed by atoms with Gasteiger partial charge in [-0.3, -0.25) is 4.79 Å². The first-order chi connectivity index (χ1) is 16.0. The number of benzene rings is 2. The summed E-state index contributed by atoms with van der Waals surface area (Å²) in [6, 6.07) is 16.7. The van der Waals surface area contributed by atoms with Crippen LogP contribution in [-0.4, -0.2) is 51.6 Å². The highest BCUT2D eigenvalue weighted by Crippen LogP contribution is 2.44. The summed E-state index contributed by atoms with van der Waals surface area (Å²) in [5, 5.41) is 4.10. The van der Waals surface area contributed by atoms with Crippen molar-refractivity contribution in [1.29, 1.82) is 0 Å². The number of nitrogens with two attached hydrogens (primary N) is 1. The summed E-state index contributed by atoms with van der Waals surface area (Å²) < 4.78 is 25.3. The van der Waals surface area contributed by atoms with E-state index in [1.54, 1.807) is 12.1 Å². The van der Waals surface area contributed by atoms with Crippen molar-refractivity contribution < 1.29 is 28.5 Å². The van der Waals surface area contributed by atoms with Crippen LogP contribution in [0.1, 0.15) is 44.6 Å². The highest BCUT2D eigenvalue weighted by Gasteiger charge is 2.54. The van der Waals surface area contributed by atoms with Crippen molar-refractivity contribution >= 4 is 11.9 Å². The van der Waals surface area contributed by atoms with Crippen LogP contribution in [0, 0.1) is 6.92 Å². The fourth-order valence-corrected chi connectivity index (χ4v) is 4.00. The second-order valence-electron chi connectivity index (χ2n) is 7.83. The lowest BCUT2D eigenvalue weighted by atomic mass is 10.1. The molecule has 33 heavy (non-hydrogen) atoms. The van der Waals surface area contributed by atoms with Gasteiger partial charge in [0.1, 0.15) is 31.2 Å². The van der Waals surface area contributed by atoms with Crippen molar-refractivity contribution in [1.82, 2.24) is 14.8 Å². The highest BCUT2D eigenvalue weighted by molar-refractivity contribution is 5.91. The topological polar surface area (TPSA) is 128 Å². The predicted molar refractivity (Wildman–Crippen MR) is 113 cm³/mol. The zero-order valence-electron chi connectivity index (χ0n) is 17.7. The van der Waals surface area contributed by atoms with Crippen LogP contribution in [0.4, 0.5) is 0 Å². The van der Waals surface area contributed by atoms with E-state index in [-0.39, 0.29) is 12.4 Å².